The van der Waals surface area contributed by atoms with Crippen LogP contribution >= 0.6 is 0 Å². The van der Waals surface area contributed by atoms with Gasteiger partial charge in [0.1, 0.15) is 17.5 Å². The number of hydrazine groups is 1. The normalized spacial score (nSPS) is 16.9. The van der Waals surface area contributed by atoms with Gasteiger partial charge in [-0.2, -0.15) is 0 Å². The average molecular weight is 263 g/mol. The highest BCUT2D eigenvalue weighted by atomic mass is 15.3. The Morgan fingerprint density at radius 1 is 1.11 bits per heavy atom. The molecule has 2 heterocycles. The summed E-state index contributed by atoms with van der Waals surface area (Å²) in [4.78, 5) is 11.5. The number of hydrogen-bond donors (Lipinski definition) is 2. The molecule has 1 aliphatic heterocycles. The fourth-order valence-electron chi connectivity index (χ4n) is 2.62. The van der Waals surface area contributed by atoms with Crippen LogP contribution in [0, 0.1) is 6.92 Å². The standard InChI is InChI=1S/C14H25N5/c1-3-12-16-13(18-15)11(2)14(17-12)19-9-7-5-4-6-8-10-19/h3-10,15H2,1-2H3,(H,16,17,18). The van der Waals surface area contributed by atoms with Crippen molar-refractivity contribution in [3.8, 4) is 0 Å². The molecule has 0 aliphatic carbocycles. The van der Waals surface area contributed by atoms with Gasteiger partial charge in [-0.1, -0.05) is 26.2 Å². The number of aromatic nitrogens is 2. The quantitative estimate of drug-likeness (QED) is 0.647. The Labute approximate surface area is 115 Å². The highest BCUT2D eigenvalue weighted by Gasteiger charge is 2.16. The van der Waals surface area contributed by atoms with Gasteiger partial charge in [-0.25, -0.2) is 15.8 Å². The van der Waals surface area contributed by atoms with Crippen molar-refractivity contribution in [1.29, 1.82) is 0 Å². The van der Waals surface area contributed by atoms with E-state index in [0.717, 1.165) is 42.5 Å². The first-order chi connectivity index (χ1) is 9.26. The molecule has 1 fully saturated rings. The summed E-state index contributed by atoms with van der Waals surface area (Å²) in [5.41, 5.74) is 3.76. The Balaban J connectivity index is 2.30. The average Bonchev–Trinajstić information content (AvgIpc) is 2.39. The van der Waals surface area contributed by atoms with Gasteiger partial charge in [0.25, 0.3) is 0 Å². The predicted octanol–water partition coefficient (Wildman–Crippen LogP) is 2.40. The maximum atomic E-state index is 5.57. The van der Waals surface area contributed by atoms with Crippen molar-refractivity contribution in [2.75, 3.05) is 23.4 Å². The highest BCUT2D eigenvalue weighted by Crippen LogP contribution is 2.25. The van der Waals surface area contributed by atoms with Gasteiger partial charge in [0, 0.05) is 25.1 Å². The summed E-state index contributed by atoms with van der Waals surface area (Å²) in [7, 11) is 0. The number of rotatable bonds is 3. The van der Waals surface area contributed by atoms with Gasteiger partial charge in [-0.15, -0.1) is 0 Å². The lowest BCUT2D eigenvalue weighted by Gasteiger charge is -2.28. The summed E-state index contributed by atoms with van der Waals surface area (Å²) < 4.78 is 0. The zero-order valence-corrected chi connectivity index (χ0v) is 12.1. The lowest BCUT2D eigenvalue weighted by molar-refractivity contribution is 0.552. The zero-order chi connectivity index (χ0) is 13.7. The Kier molecular flexibility index (Phi) is 4.96. The van der Waals surface area contributed by atoms with Gasteiger partial charge in [-0.3, -0.25) is 0 Å². The van der Waals surface area contributed by atoms with Gasteiger partial charge in [0.05, 0.1) is 0 Å². The molecule has 0 atom stereocenters. The van der Waals surface area contributed by atoms with Crippen LogP contribution in [0.15, 0.2) is 0 Å². The zero-order valence-electron chi connectivity index (χ0n) is 12.1. The van der Waals surface area contributed by atoms with E-state index in [0.29, 0.717) is 0 Å². The van der Waals surface area contributed by atoms with Gasteiger partial charge < -0.3 is 10.3 Å². The first-order valence-electron chi connectivity index (χ1n) is 7.35. The molecule has 0 unspecified atom stereocenters. The van der Waals surface area contributed by atoms with Crippen LogP contribution in [0.1, 0.15) is 50.4 Å². The second-order valence-electron chi connectivity index (χ2n) is 5.19. The molecule has 106 valence electrons. The van der Waals surface area contributed by atoms with E-state index >= 15 is 0 Å². The minimum absolute atomic E-state index is 0.754. The van der Waals surface area contributed by atoms with Crippen molar-refractivity contribution < 1.29 is 0 Å². The van der Waals surface area contributed by atoms with Crippen LogP contribution in [-0.2, 0) is 6.42 Å². The Bertz CT molecular complexity index is 411. The molecule has 0 bridgehead atoms. The molecule has 1 aromatic heterocycles. The molecule has 19 heavy (non-hydrogen) atoms. The molecule has 1 saturated heterocycles. The summed E-state index contributed by atoms with van der Waals surface area (Å²) in [6.07, 6.45) is 7.33. The fraction of sp³-hybridized carbons (Fsp3) is 0.714. The van der Waals surface area contributed by atoms with Crippen molar-refractivity contribution in [3.05, 3.63) is 11.4 Å². The molecule has 5 nitrogen and oxygen atoms in total. The number of hydrogen-bond acceptors (Lipinski definition) is 5. The second-order valence-corrected chi connectivity index (χ2v) is 5.19. The van der Waals surface area contributed by atoms with E-state index in [2.05, 4.69) is 22.2 Å². The Morgan fingerprint density at radius 3 is 2.32 bits per heavy atom. The van der Waals surface area contributed by atoms with E-state index in [9.17, 15) is 0 Å². The number of nitrogens with zero attached hydrogens (tertiary/aromatic N) is 3. The van der Waals surface area contributed by atoms with Crippen LogP contribution in [0.4, 0.5) is 11.6 Å². The molecule has 3 N–H and O–H groups in total. The van der Waals surface area contributed by atoms with Crippen LogP contribution in [0.25, 0.3) is 0 Å². The molecule has 1 aliphatic rings. The fourth-order valence-corrected chi connectivity index (χ4v) is 2.62. The number of nitrogen functional groups attached to an aromatic ring is 1. The van der Waals surface area contributed by atoms with Gasteiger partial charge in [0.2, 0.25) is 0 Å². The van der Waals surface area contributed by atoms with Crippen LogP contribution in [0.2, 0.25) is 0 Å². The van der Waals surface area contributed by atoms with Crippen molar-refractivity contribution in [2.45, 2.75) is 52.4 Å². The maximum Gasteiger partial charge on any atom is 0.148 e. The monoisotopic (exact) mass is 263 g/mol. The highest BCUT2D eigenvalue weighted by molar-refractivity contribution is 5.58. The number of nitrogens with one attached hydrogen (secondary N) is 1. The third-order valence-corrected chi connectivity index (χ3v) is 3.77. The van der Waals surface area contributed by atoms with E-state index in [1.54, 1.807) is 0 Å². The minimum atomic E-state index is 0.754. The Morgan fingerprint density at radius 2 is 1.74 bits per heavy atom. The van der Waals surface area contributed by atoms with Gasteiger partial charge in [0.15, 0.2) is 0 Å². The smallest absolute Gasteiger partial charge is 0.148 e. The number of nitrogens with two attached hydrogens (primary N) is 1. The first-order valence-corrected chi connectivity index (χ1v) is 7.35. The maximum absolute atomic E-state index is 5.57. The molecule has 2 rings (SSSR count). The largest absolute Gasteiger partial charge is 0.356 e. The lowest BCUT2D eigenvalue weighted by atomic mass is 10.1. The second kappa shape index (κ2) is 6.70. The SMILES string of the molecule is CCc1nc(NN)c(C)c(N2CCCCCCC2)n1. The van der Waals surface area contributed by atoms with E-state index in [4.69, 9.17) is 10.8 Å². The molecule has 1 aromatic rings. The third kappa shape index (κ3) is 3.35. The summed E-state index contributed by atoms with van der Waals surface area (Å²) in [6.45, 7) is 6.29. The molecule has 0 amide bonds. The predicted molar refractivity (Wildman–Crippen MR) is 79.3 cm³/mol. The lowest BCUT2D eigenvalue weighted by Crippen LogP contribution is -2.29. The van der Waals surface area contributed by atoms with E-state index in [1.807, 2.05) is 6.92 Å². The van der Waals surface area contributed by atoms with Crippen LogP contribution in [0.3, 0.4) is 0 Å². The molecule has 0 radical (unpaired) electrons. The molecular weight excluding hydrogens is 238 g/mol. The van der Waals surface area contributed by atoms with Crippen LogP contribution < -0.4 is 16.2 Å². The van der Waals surface area contributed by atoms with E-state index in [1.165, 1.54) is 32.1 Å². The minimum Gasteiger partial charge on any atom is -0.356 e. The van der Waals surface area contributed by atoms with Gasteiger partial charge in [-0.05, 0) is 19.8 Å². The summed E-state index contributed by atoms with van der Waals surface area (Å²) >= 11 is 0. The molecule has 5 heteroatoms. The van der Waals surface area contributed by atoms with Crippen molar-refractivity contribution in [3.63, 3.8) is 0 Å². The summed E-state index contributed by atoms with van der Waals surface area (Å²) in [6, 6.07) is 0. The van der Waals surface area contributed by atoms with E-state index < -0.39 is 0 Å². The third-order valence-electron chi connectivity index (χ3n) is 3.77. The molecular formula is C14H25N5. The number of anilines is 2. The summed E-state index contributed by atoms with van der Waals surface area (Å²) in [5, 5.41) is 0. The molecule has 0 spiro atoms. The van der Waals surface area contributed by atoms with Gasteiger partial charge >= 0.3 is 0 Å². The van der Waals surface area contributed by atoms with E-state index in [-0.39, 0.29) is 0 Å². The topological polar surface area (TPSA) is 67.1 Å². The Hall–Kier alpha value is -1.36. The first kappa shape index (κ1) is 14.1. The molecule has 0 aromatic carbocycles. The molecule has 0 saturated carbocycles. The van der Waals surface area contributed by atoms with Crippen molar-refractivity contribution in [2.24, 2.45) is 5.84 Å². The van der Waals surface area contributed by atoms with Crippen LogP contribution in [-0.4, -0.2) is 23.1 Å². The summed E-state index contributed by atoms with van der Waals surface area (Å²) in [5.74, 6) is 8.24. The van der Waals surface area contributed by atoms with Crippen molar-refractivity contribution in [1.82, 2.24) is 9.97 Å². The van der Waals surface area contributed by atoms with Crippen molar-refractivity contribution >= 4 is 11.6 Å². The van der Waals surface area contributed by atoms with Crippen LogP contribution in [0.5, 0.6) is 0 Å². The number of aryl methyl sites for hydroxylation is 1.